The number of nitrogens with zero attached hydrogens (tertiary/aromatic N) is 5. The summed E-state index contributed by atoms with van der Waals surface area (Å²) in [7, 11) is 0. The summed E-state index contributed by atoms with van der Waals surface area (Å²) in [4.78, 5) is 38.3. The van der Waals surface area contributed by atoms with E-state index in [0.717, 1.165) is 6.33 Å². The molecule has 0 atom stereocenters. The molecule has 3 aromatic heterocycles. The number of hydrazine groups is 1. The van der Waals surface area contributed by atoms with Gasteiger partial charge in [0.2, 0.25) is 11.6 Å². The zero-order chi connectivity index (χ0) is 19.2. The van der Waals surface area contributed by atoms with Gasteiger partial charge in [-0.1, -0.05) is 17.7 Å². The molecule has 11 nitrogen and oxygen atoms in total. The molecule has 12 heteroatoms. The fourth-order valence-electron chi connectivity index (χ4n) is 1.98. The second-order valence-corrected chi connectivity index (χ2v) is 5.39. The maximum absolute atomic E-state index is 12.0. The molecule has 3 aromatic rings. The Kier molecular flexibility index (Phi) is 5.33. The number of aromatic nitrogens is 4. The number of hydrogen-bond acceptors (Lipinski definition) is 9. The molecule has 0 fully saturated rings. The molecule has 3 rings (SSSR count). The van der Waals surface area contributed by atoms with E-state index in [2.05, 4.69) is 36.1 Å². The van der Waals surface area contributed by atoms with Crippen LogP contribution in [0.5, 0.6) is 0 Å². The highest BCUT2D eigenvalue weighted by molar-refractivity contribution is 6.30. The normalized spacial score (nSPS) is 10.1. The lowest BCUT2D eigenvalue weighted by atomic mass is 10.3. The first-order chi connectivity index (χ1) is 13.0. The highest BCUT2D eigenvalue weighted by Crippen LogP contribution is 2.30. The third-order valence-electron chi connectivity index (χ3n) is 3.17. The zero-order valence-corrected chi connectivity index (χ0v) is 14.2. The monoisotopic (exact) mass is 386 g/mol. The summed E-state index contributed by atoms with van der Waals surface area (Å²) >= 11 is 5.76. The van der Waals surface area contributed by atoms with Crippen LogP contribution in [0.4, 0.5) is 23.1 Å². The van der Waals surface area contributed by atoms with Crippen LogP contribution in [0.15, 0.2) is 49.1 Å². The van der Waals surface area contributed by atoms with E-state index in [-0.39, 0.29) is 17.3 Å². The molecule has 0 aliphatic heterocycles. The Labute approximate surface area is 157 Å². The first-order valence-corrected chi connectivity index (χ1v) is 7.78. The van der Waals surface area contributed by atoms with Crippen molar-refractivity contribution in [1.82, 2.24) is 25.4 Å². The van der Waals surface area contributed by atoms with Crippen LogP contribution < -0.4 is 16.2 Å². The highest BCUT2D eigenvalue weighted by atomic mass is 35.5. The number of nitro groups is 1. The number of halogens is 1. The number of rotatable bonds is 6. The van der Waals surface area contributed by atoms with E-state index < -0.39 is 16.5 Å². The van der Waals surface area contributed by atoms with Gasteiger partial charge in [0, 0.05) is 12.4 Å². The Hall–Kier alpha value is -3.86. The molecule has 27 heavy (non-hydrogen) atoms. The minimum Gasteiger partial charge on any atom is -0.319 e. The van der Waals surface area contributed by atoms with Gasteiger partial charge in [-0.3, -0.25) is 30.7 Å². The van der Waals surface area contributed by atoms with E-state index in [4.69, 9.17) is 11.6 Å². The predicted molar refractivity (Wildman–Crippen MR) is 96.5 cm³/mol. The Morgan fingerprint density at radius 3 is 2.56 bits per heavy atom. The van der Waals surface area contributed by atoms with Crippen LogP contribution in [0.2, 0.25) is 5.02 Å². The van der Waals surface area contributed by atoms with Gasteiger partial charge in [0.05, 0.1) is 9.95 Å². The predicted octanol–water partition coefficient (Wildman–Crippen LogP) is 2.33. The van der Waals surface area contributed by atoms with Gasteiger partial charge in [-0.15, -0.1) is 0 Å². The van der Waals surface area contributed by atoms with Crippen LogP contribution in [0.3, 0.4) is 0 Å². The van der Waals surface area contributed by atoms with Crippen molar-refractivity contribution in [2.24, 2.45) is 0 Å². The largest absolute Gasteiger partial charge is 0.355 e. The summed E-state index contributed by atoms with van der Waals surface area (Å²) in [5.74, 6) is -0.614. The molecule has 3 heterocycles. The average molecular weight is 387 g/mol. The van der Waals surface area contributed by atoms with Crippen molar-refractivity contribution in [3.8, 4) is 0 Å². The summed E-state index contributed by atoms with van der Waals surface area (Å²) in [6.45, 7) is 0. The molecule has 0 aliphatic rings. The van der Waals surface area contributed by atoms with Gasteiger partial charge in [0.25, 0.3) is 5.91 Å². The molecule has 0 aliphatic carbocycles. The van der Waals surface area contributed by atoms with Gasteiger partial charge >= 0.3 is 5.69 Å². The van der Waals surface area contributed by atoms with Gasteiger partial charge < -0.3 is 5.32 Å². The molecule has 0 aromatic carbocycles. The first kappa shape index (κ1) is 17.9. The molecule has 0 saturated carbocycles. The second kappa shape index (κ2) is 8.01. The number of nitrogens with one attached hydrogen (secondary N) is 3. The van der Waals surface area contributed by atoms with Crippen molar-refractivity contribution in [2.45, 2.75) is 0 Å². The molecule has 136 valence electrons. The van der Waals surface area contributed by atoms with Gasteiger partial charge in [0.1, 0.15) is 17.8 Å². The quantitative estimate of drug-likeness (QED) is 0.428. The van der Waals surface area contributed by atoms with E-state index in [0.29, 0.717) is 10.8 Å². The summed E-state index contributed by atoms with van der Waals surface area (Å²) in [5.41, 5.74) is 4.37. The van der Waals surface area contributed by atoms with Crippen molar-refractivity contribution in [3.05, 3.63) is 69.9 Å². The average Bonchev–Trinajstić information content (AvgIpc) is 2.68. The molecule has 1 amide bonds. The molecular formula is C15H11ClN8O3. The third-order valence-corrected chi connectivity index (χ3v) is 3.39. The van der Waals surface area contributed by atoms with Gasteiger partial charge in [0.15, 0.2) is 0 Å². The summed E-state index contributed by atoms with van der Waals surface area (Å²) in [6, 6.07) is 7.88. The van der Waals surface area contributed by atoms with Crippen molar-refractivity contribution < 1.29 is 9.72 Å². The number of amides is 1. The van der Waals surface area contributed by atoms with Gasteiger partial charge in [-0.05, 0) is 24.3 Å². The highest BCUT2D eigenvalue weighted by Gasteiger charge is 2.24. The van der Waals surface area contributed by atoms with Crippen LogP contribution in [-0.2, 0) is 0 Å². The Bertz CT molecular complexity index is 969. The van der Waals surface area contributed by atoms with Crippen molar-refractivity contribution in [2.75, 3.05) is 10.7 Å². The fraction of sp³-hybridized carbons (Fsp3) is 0. The number of pyridine rings is 2. The van der Waals surface area contributed by atoms with E-state index in [1.807, 2.05) is 0 Å². The van der Waals surface area contributed by atoms with E-state index in [9.17, 15) is 14.9 Å². The molecule has 0 spiro atoms. The van der Waals surface area contributed by atoms with Crippen molar-refractivity contribution >= 4 is 40.6 Å². The SMILES string of the molecule is O=C(NNc1ncnc(Nc2ccc(Cl)cn2)c1[N+](=O)[O-])c1ccccn1. The summed E-state index contributed by atoms with van der Waals surface area (Å²) in [6.07, 6.45) is 3.92. The van der Waals surface area contributed by atoms with Gasteiger partial charge in [-0.25, -0.2) is 15.0 Å². The van der Waals surface area contributed by atoms with Crippen molar-refractivity contribution in [1.29, 1.82) is 0 Å². The number of carbonyl (C=O) groups excluding carboxylic acids is 1. The molecule has 0 bridgehead atoms. The Morgan fingerprint density at radius 2 is 1.89 bits per heavy atom. The van der Waals surface area contributed by atoms with Gasteiger partial charge in [-0.2, -0.15) is 0 Å². The minimum absolute atomic E-state index is 0.112. The molecule has 3 N–H and O–H groups in total. The minimum atomic E-state index is -0.687. The van der Waals surface area contributed by atoms with Crippen LogP contribution in [0.25, 0.3) is 0 Å². The lowest BCUT2D eigenvalue weighted by molar-refractivity contribution is -0.383. The van der Waals surface area contributed by atoms with E-state index >= 15 is 0 Å². The van der Waals surface area contributed by atoms with Crippen LogP contribution in [0.1, 0.15) is 10.5 Å². The van der Waals surface area contributed by atoms with E-state index in [1.165, 1.54) is 24.5 Å². The third kappa shape index (κ3) is 4.41. The summed E-state index contributed by atoms with van der Waals surface area (Å²) in [5, 5.41) is 14.6. The molecule has 0 saturated heterocycles. The molecule has 0 radical (unpaired) electrons. The first-order valence-electron chi connectivity index (χ1n) is 7.40. The second-order valence-electron chi connectivity index (χ2n) is 4.96. The summed E-state index contributed by atoms with van der Waals surface area (Å²) < 4.78 is 0. The van der Waals surface area contributed by atoms with Crippen LogP contribution in [0, 0.1) is 10.1 Å². The maximum Gasteiger partial charge on any atom is 0.355 e. The van der Waals surface area contributed by atoms with Crippen LogP contribution >= 0.6 is 11.6 Å². The lowest BCUT2D eigenvalue weighted by Gasteiger charge is -2.10. The van der Waals surface area contributed by atoms with E-state index in [1.54, 1.807) is 18.2 Å². The zero-order valence-electron chi connectivity index (χ0n) is 13.5. The smallest absolute Gasteiger partial charge is 0.319 e. The Balaban J connectivity index is 1.82. The molecular weight excluding hydrogens is 376 g/mol. The number of carbonyl (C=O) groups is 1. The molecule has 0 unspecified atom stereocenters. The Morgan fingerprint density at radius 1 is 1.07 bits per heavy atom. The van der Waals surface area contributed by atoms with Crippen molar-refractivity contribution in [3.63, 3.8) is 0 Å². The van der Waals surface area contributed by atoms with Crippen LogP contribution in [-0.4, -0.2) is 30.8 Å². The fourth-order valence-corrected chi connectivity index (χ4v) is 2.09. The number of anilines is 3. The number of hydrogen-bond donors (Lipinski definition) is 3. The lowest BCUT2D eigenvalue weighted by Crippen LogP contribution is -2.31. The topological polar surface area (TPSA) is 148 Å². The maximum atomic E-state index is 12.0. The standard InChI is InChI=1S/C15H11ClN8O3/c16-9-4-5-11(18-7-9)21-13-12(24(26)27)14(20-8-19-13)22-23-15(25)10-3-1-2-6-17-10/h1-8H,(H,23,25)(H2,18,19,20,21,22).